The van der Waals surface area contributed by atoms with Gasteiger partial charge in [0.15, 0.2) is 0 Å². The third-order valence-corrected chi connectivity index (χ3v) is 5.00. The monoisotopic (exact) mass is 346 g/mol. The fourth-order valence-electron chi connectivity index (χ4n) is 3.27. The summed E-state index contributed by atoms with van der Waals surface area (Å²) in [6.07, 6.45) is 3.24. The van der Waals surface area contributed by atoms with Crippen LogP contribution in [0.5, 0.6) is 0 Å². The molecule has 0 aromatic carbocycles. The molecule has 136 valence electrons. The highest BCUT2D eigenvalue weighted by Crippen LogP contribution is 2.13. The van der Waals surface area contributed by atoms with Crippen LogP contribution in [0.2, 0.25) is 0 Å². The lowest BCUT2D eigenvalue weighted by atomic mass is 10.2. The van der Waals surface area contributed by atoms with Crippen molar-refractivity contribution in [3.63, 3.8) is 0 Å². The lowest BCUT2D eigenvalue weighted by Gasteiger charge is -2.34. The van der Waals surface area contributed by atoms with Gasteiger partial charge in [-0.1, -0.05) is 6.92 Å². The second-order valence-electron chi connectivity index (χ2n) is 6.49. The number of likely N-dealkylation sites (N-methyl/N-ethyl adjacent to an activating group) is 1. The van der Waals surface area contributed by atoms with E-state index in [-0.39, 0.29) is 11.8 Å². The summed E-state index contributed by atoms with van der Waals surface area (Å²) < 4.78 is 0. The normalized spacial score (nSPS) is 19.2. The van der Waals surface area contributed by atoms with Crippen LogP contribution in [0.25, 0.3) is 0 Å². The van der Waals surface area contributed by atoms with Crippen LogP contribution in [0, 0.1) is 0 Å². The van der Waals surface area contributed by atoms with Crippen LogP contribution in [-0.4, -0.2) is 95.4 Å². The van der Waals surface area contributed by atoms with Gasteiger partial charge in [0, 0.05) is 71.7 Å². The molecular weight excluding hydrogens is 320 g/mol. The molecule has 3 rings (SSSR count). The van der Waals surface area contributed by atoms with Crippen molar-refractivity contribution in [1.82, 2.24) is 24.7 Å². The number of aromatic nitrogens is 2. The predicted octanol–water partition coefficient (Wildman–Crippen LogP) is -0.0772. The molecule has 0 radical (unpaired) electrons. The molecule has 2 aliphatic rings. The number of amides is 2. The summed E-state index contributed by atoms with van der Waals surface area (Å²) in [5.41, 5.74) is 0.507. The zero-order chi connectivity index (χ0) is 17.8. The number of carbonyl (C=O) groups excluding carboxylic acids is 2. The van der Waals surface area contributed by atoms with Gasteiger partial charge in [-0.2, -0.15) is 0 Å². The van der Waals surface area contributed by atoms with Gasteiger partial charge in [-0.15, -0.1) is 0 Å². The zero-order valence-corrected chi connectivity index (χ0v) is 15.0. The van der Waals surface area contributed by atoms with E-state index in [2.05, 4.69) is 26.7 Å². The van der Waals surface area contributed by atoms with E-state index in [0.717, 1.165) is 32.7 Å². The van der Waals surface area contributed by atoms with Crippen LogP contribution in [0.4, 0.5) is 5.95 Å². The Kier molecular flexibility index (Phi) is 5.47. The smallest absolute Gasteiger partial charge is 0.257 e. The van der Waals surface area contributed by atoms with Crippen LogP contribution in [0.1, 0.15) is 24.2 Å². The minimum absolute atomic E-state index is 0.0583. The molecule has 2 saturated heterocycles. The Balaban J connectivity index is 1.57. The summed E-state index contributed by atoms with van der Waals surface area (Å²) in [5.74, 6) is 0.683. The molecule has 0 saturated carbocycles. The largest absolute Gasteiger partial charge is 0.339 e. The number of nitrogens with zero attached hydrogens (tertiary/aromatic N) is 6. The highest BCUT2D eigenvalue weighted by Gasteiger charge is 2.24. The first-order valence-corrected chi connectivity index (χ1v) is 8.92. The average molecular weight is 346 g/mol. The van der Waals surface area contributed by atoms with E-state index in [0.29, 0.717) is 37.7 Å². The number of anilines is 1. The number of rotatable bonds is 3. The van der Waals surface area contributed by atoms with E-state index in [4.69, 9.17) is 0 Å². The van der Waals surface area contributed by atoms with Crippen molar-refractivity contribution in [3.05, 3.63) is 18.0 Å². The van der Waals surface area contributed by atoms with Crippen molar-refractivity contribution in [2.24, 2.45) is 0 Å². The molecule has 1 aromatic heterocycles. The van der Waals surface area contributed by atoms with Crippen LogP contribution in [0.15, 0.2) is 12.4 Å². The van der Waals surface area contributed by atoms with Crippen molar-refractivity contribution in [2.45, 2.75) is 13.8 Å². The molecule has 0 bridgehead atoms. The van der Waals surface area contributed by atoms with Crippen molar-refractivity contribution in [2.75, 3.05) is 63.8 Å². The van der Waals surface area contributed by atoms with E-state index in [1.54, 1.807) is 29.1 Å². The number of hydrogen-bond acceptors (Lipinski definition) is 6. The quantitative estimate of drug-likeness (QED) is 0.762. The summed E-state index contributed by atoms with van der Waals surface area (Å²) in [7, 11) is 0. The SMILES string of the molecule is CCN1CCN(c2ncc(C(=O)N3CCN(C(C)=O)CC3)cn2)CC1. The van der Waals surface area contributed by atoms with E-state index in [9.17, 15) is 9.59 Å². The number of carbonyl (C=O) groups is 2. The zero-order valence-electron chi connectivity index (χ0n) is 15.0. The third kappa shape index (κ3) is 4.07. The van der Waals surface area contributed by atoms with Gasteiger partial charge in [-0.25, -0.2) is 9.97 Å². The molecule has 2 fully saturated rings. The fraction of sp³-hybridized carbons (Fsp3) is 0.647. The van der Waals surface area contributed by atoms with Crippen molar-refractivity contribution in [3.8, 4) is 0 Å². The molecule has 25 heavy (non-hydrogen) atoms. The maximum absolute atomic E-state index is 12.6. The first kappa shape index (κ1) is 17.6. The minimum atomic E-state index is -0.0643. The Morgan fingerprint density at radius 1 is 0.920 bits per heavy atom. The van der Waals surface area contributed by atoms with E-state index < -0.39 is 0 Å². The number of piperazine rings is 2. The van der Waals surface area contributed by atoms with Crippen LogP contribution in [-0.2, 0) is 4.79 Å². The van der Waals surface area contributed by atoms with Crippen LogP contribution in [0.3, 0.4) is 0 Å². The van der Waals surface area contributed by atoms with E-state index in [1.165, 1.54) is 0 Å². The van der Waals surface area contributed by atoms with E-state index in [1.807, 2.05) is 0 Å². The maximum Gasteiger partial charge on any atom is 0.257 e. The second kappa shape index (κ2) is 7.77. The highest BCUT2D eigenvalue weighted by atomic mass is 16.2. The molecule has 1 aromatic rings. The number of hydrogen-bond donors (Lipinski definition) is 0. The molecule has 8 heteroatoms. The van der Waals surface area contributed by atoms with Gasteiger partial charge in [0.1, 0.15) is 0 Å². The highest BCUT2D eigenvalue weighted by molar-refractivity contribution is 5.93. The molecule has 0 spiro atoms. The van der Waals surface area contributed by atoms with Gasteiger partial charge in [0.2, 0.25) is 11.9 Å². The maximum atomic E-state index is 12.6. The van der Waals surface area contributed by atoms with Crippen molar-refractivity contribution in [1.29, 1.82) is 0 Å². The van der Waals surface area contributed by atoms with Gasteiger partial charge < -0.3 is 19.6 Å². The average Bonchev–Trinajstić information content (AvgIpc) is 2.67. The lowest BCUT2D eigenvalue weighted by Crippen LogP contribution is -2.50. The molecule has 0 unspecified atom stereocenters. The molecule has 0 atom stereocenters. The molecule has 3 heterocycles. The Hall–Kier alpha value is -2.22. The third-order valence-electron chi connectivity index (χ3n) is 5.00. The summed E-state index contributed by atoms with van der Waals surface area (Å²) in [6, 6.07) is 0. The predicted molar refractivity (Wildman–Crippen MR) is 94.5 cm³/mol. The summed E-state index contributed by atoms with van der Waals surface area (Å²) in [4.78, 5) is 40.8. The standard InChI is InChI=1S/C17H26N6O2/c1-3-20-4-6-23(7-5-20)17-18-12-15(13-19-17)16(25)22-10-8-21(9-11-22)14(2)24/h12-13H,3-11H2,1-2H3. The Labute approximate surface area is 148 Å². The lowest BCUT2D eigenvalue weighted by molar-refractivity contribution is -0.130. The molecule has 0 N–H and O–H groups in total. The van der Waals surface area contributed by atoms with Crippen molar-refractivity contribution < 1.29 is 9.59 Å². The van der Waals surface area contributed by atoms with Crippen LogP contribution < -0.4 is 4.90 Å². The topological polar surface area (TPSA) is 72.9 Å². The summed E-state index contributed by atoms with van der Waals surface area (Å²) in [6.45, 7) is 10.9. The van der Waals surface area contributed by atoms with Gasteiger partial charge in [0.25, 0.3) is 5.91 Å². The Bertz CT molecular complexity index is 604. The minimum Gasteiger partial charge on any atom is -0.339 e. The molecule has 8 nitrogen and oxygen atoms in total. The summed E-state index contributed by atoms with van der Waals surface area (Å²) in [5, 5.41) is 0. The summed E-state index contributed by atoms with van der Waals surface area (Å²) >= 11 is 0. The second-order valence-corrected chi connectivity index (χ2v) is 6.49. The molecule has 0 aliphatic carbocycles. The Morgan fingerprint density at radius 2 is 1.48 bits per heavy atom. The van der Waals surface area contributed by atoms with Gasteiger partial charge in [0.05, 0.1) is 5.56 Å². The van der Waals surface area contributed by atoms with Gasteiger partial charge in [-0.3, -0.25) is 9.59 Å². The molecule has 2 aliphatic heterocycles. The first-order chi connectivity index (χ1) is 12.1. The van der Waals surface area contributed by atoms with Gasteiger partial charge in [-0.05, 0) is 6.54 Å². The fourth-order valence-corrected chi connectivity index (χ4v) is 3.27. The van der Waals surface area contributed by atoms with Crippen molar-refractivity contribution >= 4 is 17.8 Å². The molecule has 2 amide bonds. The van der Waals surface area contributed by atoms with E-state index >= 15 is 0 Å². The molecular formula is C17H26N6O2. The Morgan fingerprint density at radius 3 is 2.00 bits per heavy atom. The van der Waals surface area contributed by atoms with Gasteiger partial charge >= 0.3 is 0 Å². The first-order valence-electron chi connectivity index (χ1n) is 8.92. The van der Waals surface area contributed by atoms with Crippen LogP contribution >= 0.6 is 0 Å².